The molecule has 0 spiro atoms. The Morgan fingerprint density at radius 3 is 2.28 bits per heavy atom. The predicted octanol–water partition coefficient (Wildman–Crippen LogP) is -0.534. The molecule has 0 saturated carbocycles. The van der Waals surface area contributed by atoms with E-state index in [1.165, 1.54) is 6.92 Å². The molecule has 1 atom stereocenters. The number of nitrogens with one attached hydrogen (secondary N) is 1. The van der Waals surface area contributed by atoms with Crippen molar-refractivity contribution in [1.82, 2.24) is 15.1 Å². The second kappa shape index (κ2) is 4.75. The van der Waals surface area contributed by atoms with Gasteiger partial charge in [0, 0.05) is 13.1 Å². The van der Waals surface area contributed by atoms with Gasteiger partial charge in [-0.1, -0.05) is 0 Å². The Bertz CT molecular complexity index is 415. The van der Waals surface area contributed by atoms with E-state index >= 15 is 0 Å². The topological polar surface area (TPSA) is 86.8 Å². The molecule has 1 unspecified atom stereocenters. The summed E-state index contributed by atoms with van der Waals surface area (Å²) in [4.78, 5) is 48.4. The summed E-state index contributed by atoms with van der Waals surface area (Å²) in [5, 5.41) is 1.88. The number of rotatable bonds is 2. The van der Waals surface area contributed by atoms with Gasteiger partial charge in [0.1, 0.15) is 6.04 Å². The Kier molecular flexibility index (Phi) is 3.31. The molecule has 5 amide bonds. The molecule has 0 aliphatic carbocycles. The normalized spacial score (nSPS) is 22.2. The van der Waals surface area contributed by atoms with E-state index in [9.17, 15) is 19.2 Å². The van der Waals surface area contributed by atoms with E-state index in [0.29, 0.717) is 18.0 Å². The Morgan fingerprint density at radius 1 is 1.17 bits per heavy atom. The fraction of sp³-hybridized carbons (Fsp3) is 0.636. The fourth-order valence-corrected chi connectivity index (χ4v) is 2.25. The third kappa shape index (κ3) is 2.07. The molecule has 7 nitrogen and oxygen atoms in total. The molecular weight excluding hydrogens is 238 g/mol. The number of nitrogens with zero attached hydrogens (tertiary/aromatic N) is 2. The number of amides is 5. The summed E-state index contributed by atoms with van der Waals surface area (Å²) in [6.45, 7) is 2.74. The van der Waals surface area contributed by atoms with Crippen LogP contribution < -0.4 is 5.32 Å². The first-order valence-electron chi connectivity index (χ1n) is 5.99. The van der Waals surface area contributed by atoms with Crippen molar-refractivity contribution in [3.8, 4) is 0 Å². The maximum atomic E-state index is 12.1. The van der Waals surface area contributed by atoms with Gasteiger partial charge in [-0.05, 0) is 26.2 Å². The van der Waals surface area contributed by atoms with E-state index in [2.05, 4.69) is 0 Å². The Labute approximate surface area is 104 Å². The number of carbonyl (C=O) groups excluding carboxylic acids is 4. The summed E-state index contributed by atoms with van der Waals surface area (Å²) in [6.07, 6.45) is 2.94. The van der Waals surface area contributed by atoms with Crippen LogP contribution in [0.25, 0.3) is 0 Å². The largest absolute Gasteiger partial charge is 0.341 e. The van der Waals surface area contributed by atoms with E-state index in [-0.39, 0.29) is 5.91 Å². The van der Waals surface area contributed by atoms with Crippen LogP contribution in [0.3, 0.4) is 0 Å². The van der Waals surface area contributed by atoms with Crippen molar-refractivity contribution < 1.29 is 19.2 Å². The third-order valence-corrected chi connectivity index (χ3v) is 3.26. The highest BCUT2D eigenvalue weighted by atomic mass is 16.2. The summed E-state index contributed by atoms with van der Waals surface area (Å²) in [6, 6.07) is -1.75. The molecule has 0 aromatic carbocycles. The zero-order chi connectivity index (χ0) is 13.3. The number of carbonyl (C=O) groups is 4. The van der Waals surface area contributed by atoms with Crippen LogP contribution in [-0.4, -0.2) is 52.7 Å². The fourth-order valence-electron chi connectivity index (χ4n) is 2.25. The van der Waals surface area contributed by atoms with Crippen molar-refractivity contribution in [2.24, 2.45) is 0 Å². The van der Waals surface area contributed by atoms with Gasteiger partial charge in [-0.3, -0.25) is 19.7 Å². The minimum absolute atomic E-state index is 0.284. The number of likely N-dealkylation sites (tertiary alicyclic amines) is 1. The van der Waals surface area contributed by atoms with Crippen LogP contribution in [-0.2, 0) is 14.4 Å². The van der Waals surface area contributed by atoms with E-state index in [1.807, 2.05) is 5.32 Å². The number of hydrogen-bond acceptors (Lipinski definition) is 4. The summed E-state index contributed by atoms with van der Waals surface area (Å²) in [5.74, 6) is -2.22. The highest BCUT2D eigenvalue weighted by molar-refractivity contribution is 6.45. The van der Waals surface area contributed by atoms with Crippen LogP contribution in [0.15, 0.2) is 0 Å². The smallest absolute Gasteiger partial charge is 0.332 e. The molecule has 2 aliphatic heterocycles. The zero-order valence-corrected chi connectivity index (χ0v) is 10.1. The van der Waals surface area contributed by atoms with Gasteiger partial charge in [0.15, 0.2) is 0 Å². The molecule has 2 fully saturated rings. The Morgan fingerprint density at radius 2 is 1.78 bits per heavy atom. The third-order valence-electron chi connectivity index (χ3n) is 3.26. The molecule has 1 N–H and O–H groups in total. The molecule has 18 heavy (non-hydrogen) atoms. The molecular formula is C11H15N3O4. The van der Waals surface area contributed by atoms with Crippen molar-refractivity contribution in [2.45, 2.75) is 32.2 Å². The lowest BCUT2D eigenvalue weighted by molar-refractivity contribution is -0.145. The average Bonchev–Trinajstić information content (AvgIpc) is 2.63. The van der Waals surface area contributed by atoms with Crippen LogP contribution >= 0.6 is 0 Å². The van der Waals surface area contributed by atoms with Crippen LogP contribution in [0.2, 0.25) is 0 Å². The van der Waals surface area contributed by atoms with Gasteiger partial charge >= 0.3 is 17.8 Å². The van der Waals surface area contributed by atoms with Gasteiger partial charge < -0.3 is 4.90 Å². The van der Waals surface area contributed by atoms with Gasteiger partial charge in [-0.25, -0.2) is 9.69 Å². The standard InChI is InChI=1S/C11H15N3O4/c1-7(9(16)13-5-3-2-4-6-13)14-10(17)8(15)12-11(14)18/h7H,2-6H2,1H3,(H,12,15,18). The molecule has 2 saturated heterocycles. The summed E-state index contributed by atoms with van der Waals surface area (Å²) < 4.78 is 0. The van der Waals surface area contributed by atoms with Gasteiger partial charge in [0.25, 0.3) is 0 Å². The van der Waals surface area contributed by atoms with Gasteiger partial charge in [0.05, 0.1) is 0 Å². The number of hydrogen-bond donors (Lipinski definition) is 1. The van der Waals surface area contributed by atoms with E-state index in [1.54, 1.807) is 4.90 Å². The molecule has 2 heterocycles. The molecule has 0 bridgehead atoms. The van der Waals surface area contributed by atoms with E-state index in [0.717, 1.165) is 19.3 Å². The Hall–Kier alpha value is -1.92. The van der Waals surface area contributed by atoms with Crippen LogP contribution in [0, 0.1) is 0 Å². The van der Waals surface area contributed by atoms with E-state index < -0.39 is 23.9 Å². The Balaban J connectivity index is 2.08. The highest BCUT2D eigenvalue weighted by Crippen LogP contribution is 2.14. The first kappa shape index (κ1) is 12.5. The van der Waals surface area contributed by atoms with Crippen molar-refractivity contribution in [3.63, 3.8) is 0 Å². The van der Waals surface area contributed by atoms with Crippen molar-refractivity contribution >= 4 is 23.8 Å². The first-order chi connectivity index (χ1) is 8.52. The van der Waals surface area contributed by atoms with Gasteiger partial charge in [-0.15, -0.1) is 0 Å². The lowest BCUT2D eigenvalue weighted by atomic mass is 10.1. The summed E-state index contributed by atoms with van der Waals surface area (Å²) >= 11 is 0. The lowest BCUT2D eigenvalue weighted by Crippen LogP contribution is -2.51. The molecule has 0 aromatic heterocycles. The van der Waals surface area contributed by atoms with Crippen LogP contribution in [0.5, 0.6) is 0 Å². The molecule has 98 valence electrons. The van der Waals surface area contributed by atoms with Crippen molar-refractivity contribution in [2.75, 3.05) is 13.1 Å². The van der Waals surface area contributed by atoms with E-state index in [4.69, 9.17) is 0 Å². The molecule has 7 heteroatoms. The maximum Gasteiger partial charge on any atom is 0.332 e. The van der Waals surface area contributed by atoms with Crippen LogP contribution in [0.4, 0.5) is 4.79 Å². The van der Waals surface area contributed by atoms with Crippen molar-refractivity contribution in [1.29, 1.82) is 0 Å². The van der Waals surface area contributed by atoms with Gasteiger partial charge in [0.2, 0.25) is 5.91 Å². The van der Waals surface area contributed by atoms with Crippen molar-refractivity contribution in [3.05, 3.63) is 0 Å². The monoisotopic (exact) mass is 253 g/mol. The zero-order valence-electron chi connectivity index (χ0n) is 10.1. The second-order valence-corrected chi connectivity index (χ2v) is 4.50. The quantitative estimate of drug-likeness (QED) is 0.529. The second-order valence-electron chi connectivity index (χ2n) is 4.50. The molecule has 0 radical (unpaired) electrons. The number of urea groups is 1. The average molecular weight is 253 g/mol. The van der Waals surface area contributed by atoms with Gasteiger partial charge in [-0.2, -0.15) is 0 Å². The number of imide groups is 2. The first-order valence-corrected chi connectivity index (χ1v) is 5.99. The van der Waals surface area contributed by atoms with Crippen LogP contribution in [0.1, 0.15) is 26.2 Å². The SMILES string of the molecule is CC(C(=O)N1CCCCC1)N1C(=O)NC(=O)C1=O. The maximum absolute atomic E-state index is 12.1. The lowest BCUT2D eigenvalue weighted by Gasteiger charge is -2.31. The molecule has 2 rings (SSSR count). The summed E-state index contributed by atoms with van der Waals surface area (Å²) in [5.41, 5.74) is 0. The highest BCUT2D eigenvalue weighted by Gasteiger charge is 2.43. The molecule has 2 aliphatic rings. The summed E-state index contributed by atoms with van der Waals surface area (Å²) in [7, 11) is 0. The molecule has 0 aromatic rings. The minimum atomic E-state index is -0.974. The number of piperidine rings is 1. The minimum Gasteiger partial charge on any atom is -0.341 e. The predicted molar refractivity (Wildman–Crippen MR) is 60.3 cm³/mol.